The molecule has 5 nitrogen and oxygen atoms in total. The number of anilines is 1. The minimum Gasteiger partial charge on any atom is -0.390 e. The van der Waals surface area contributed by atoms with Crippen LogP contribution in [0, 0.1) is 0 Å². The highest BCUT2D eigenvalue weighted by Gasteiger charge is 2.12. The van der Waals surface area contributed by atoms with Crippen molar-refractivity contribution in [2.24, 2.45) is 5.73 Å². The van der Waals surface area contributed by atoms with E-state index in [9.17, 15) is 4.79 Å². The Balaban J connectivity index is 2.99. The number of carbonyl (C=O) groups excluding carboxylic acids is 1. The lowest BCUT2D eigenvalue weighted by Gasteiger charge is -2.18. The minimum absolute atomic E-state index is 0.0714. The molecule has 3 N–H and O–H groups in total. The number of carbonyl (C=O) groups is 1. The van der Waals surface area contributed by atoms with Crippen LogP contribution < -0.4 is 10.0 Å². The highest BCUT2D eigenvalue weighted by Crippen LogP contribution is 2.27. The van der Waals surface area contributed by atoms with Crippen molar-refractivity contribution in [3.63, 3.8) is 0 Å². The minimum atomic E-state index is -0.434. The lowest BCUT2D eigenvalue weighted by atomic mass is 10.3. The first kappa shape index (κ1) is 14.0. The molecule has 0 aliphatic rings. The van der Waals surface area contributed by atoms with Crippen molar-refractivity contribution in [1.29, 1.82) is 0 Å². The molecule has 0 radical (unpaired) electrons. The maximum absolute atomic E-state index is 10.9. The van der Waals surface area contributed by atoms with E-state index in [1.54, 1.807) is 16.4 Å². The molecule has 8 heteroatoms. The molecular formula is C8H9BrIN3O2S. The number of halogens is 2. The van der Waals surface area contributed by atoms with Crippen LogP contribution in [0.15, 0.2) is 16.6 Å². The fourth-order valence-corrected chi connectivity index (χ4v) is 2.86. The molecular weight excluding hydrogens is 409 g/mol. The van der Waals surface area contributed by atoms with E-state index < -0.39 is 5.91 Å². The quantitative estimate of drug-likeness (QED) is 0.562. The van der Waals surface area contributed by atoms with Gasteiger partial charge < -0.3 is 10.8 Å². The van der Waals surface area contributed by atoms with Gasteiger partial charge in [0.1, 0.15) is 12.4 Å². The van der Waals surface area contributed by atoms with Crippen molar-refractivity contribution in [1.82, 2.24) is 4.98 Å². The number of amides is 1. The van der Waals surface area contributed by atoms with Crippen LogP contribution in [-0.4, -0.2) is 22.5 Å². The molecule has 0 atom stereocenters. The third-order valence-electron chi connectivity index (χ3n) is 1.63. The van der Waals surface area contributed by atoms with Gasteiger partial charge in [0.25, 0.3) is 0 Å². The Morgan fingerprint density at radius 3 is 2.88 bits per heavy atom. The summed E-state index contributed by atoms with van der Waals surface area (Å²) in [4.78, 5) is 15.0. The zero-order chi connectivity index (χ0) is 12.1. The van der Waals surface area contributed by atoms with Crippen LogP contribution in [-0.2, 0) is 11.4 Å². The largest absolute Gasteiger partial charge is 0.390 e. The van der Waals surface area contributed by atoms with Crippen molar-refractivity contribution in [3.8, 4) is 0 Å². The van der Waals surface area contributed by atoms with Crippen molar-refractivity contribution >= 4 is 58.0 Å². The molecule has 0 aromatic carbocycles. The van der Waals surface area contributed by atoms with E-state index in [-0.39, 0.29) is 13.2 Å². The number of rotatable bonds is 5. The lowest BCUT2D eigenvalue weighted by Crippen LogP contribution is -2.28. The Hall–Kier alpha value is -0.0600. The molecule has 0 saturated heterocycles. The fourth-order valence-electron chi connectivity index (χ4n) is 1.03. The second-order valence-corrected chi connectivity index (χ2v) is 5.54. The van der Waals surface area contributed by atoms with Gasteiger partial charge in [0.2, 0.25) is 5.91 Å². The van der Waals surface area contributed by atoms with Gasteiger partial charge in [-0.15, -0.1) is 0 Å². The summed E-state index contributed by atoms with van der Waals surface area (Å²) in [5.74, 6) is 0.146. The Morgan fingerprint density at radius 1 is 1.69 bits per heavy atom. The number of aliphatic hydroxyl groups is 1. The molecule has 16 heavy (non-hydrogen) atoms. The molecule has 1 aromatic heterocycles. The molecule has 0 saturated carbocycles. The van der Waals surface area contributed by atoms with Crippen LogP contribution in [0.25, 0.3) is 0 Å². The molecule has 1 heterocycles. The Bertz CT molecular complexity index is 394. The number of pyridine rings is 1. The van der Waals surface area contributed by atoms with Crippen molar-refractivity contribution < 1.29 is 9.90 Å². The number of aromatic nitrogens is 1. The summed E-state index contributed by atoms with van der Waals surface area (Å²) in [6.45, 7) is -0.0787. The predicted octanol–water partition coefficient (Wildman–Crippen LogP) is 1.63. The Kier molecular flexibility index (Phi) is 5.79. The summed E-state index contributed by atoms with van der Waals surface area (Å²) in [6, 6.07) is 3.47. The number of aliphatic hydroxyl groups excluding tert-OH is 1. The topological polar surface area (TPSA) is 79.5 Å². The number of primary amides is 1. The molecule has 0 spiro atoms. The molecule has 1 rings (SSSR count). The fraction of sp³-hybridized carbons (Fsp3) is 0.250. The average molecular weight is 418 g/mol. The molecule has 0 aliphatic carbocycles. The first-order chi connectivity index (χ1) is 7.56. The summed E-state index contributed by atoms with van der Waals surface area (Å²) in [5.41, 5.74) is 5.66. The second-order valence-electron chi connectivity index (χ2n) is 2.86. The maximum atomic E-state index is 10.9. The zero-order valence-corrected chi connectivity index (χ0v) is 12.6. The maximum Gasteiger partial charge on any atom is 0.238 e. The van der Waals surface area contributed by atoms with E-state index in [1.807, 2.05) is 21.2 Å². The molecule has 0 unspecified atom stereocenters. The average Bonchev–Trinajstić information content (AvgIpc) is 2.24. The van der Waals surface area contributed by atoms with Crippen LogP contribution in [0.5, 0.6) is 0 Å². The van der Waals surface area contributed by atoms with Gasteiger partial charge in [-0.2, -0.15) is 0 Å². The van der Waals surface area contributed by atoms with E-state index in [2.05, 4.69) is 20.9 Å². The van der Waals surface area contributed by atoms with Crippen molar-refractivity contribution in [2.75, 3.05) is 10.8 Å². The van der Waals surface area contributed by atoms with Crippen molar-refractivity contribution in [3.05, 3.63) is 22.3 Å². The highest BCUT2D eigenvalue weighted by atomic mass is 127. The number of nitrogens with zero attached hydrogens (tertiary/aromatic N) is 2. The summed E-state index contributed by atoms with van der Waals surface area (Å²) in [7, 11) is 1.32. The van der Waals surface area contributed by atoms with Gasteiger partial charge >= 0.3 is 0 Å². The molecule has 0 aliphatic heterocycles. The van der Waals surface area contributed by atoms with Gasteiger partial charge in [-0.3, -0.25) is 9.10 Å². The first-order valence-corrected chi connectivity index (χ1v) is 8.29. The zero-order valence-electron chi connectivity index (χ0n) is 8.06. The molecule has 1 aromatic rings. The summed E-state index contributed by atoms with van der Waals surface area (Å²) in [6.07, 6.45) is 0. The van der Waals surface area contributed by atoms with Crippen LogP contribution in [0.4, 0.5) is 5.82 Å². The number of hydrogen-bond donors (Lipinski definition) is 2. The number of nitrogens with two attached hydrogens (primary N) is 1. The van der Waals surface area contributed by atoms with E-state index in [4.69, 9.17) is 10.8 Å². The van der Waals surface area contributed by atoms with Crippen LogP contribution >= 0.6 is 46.3 Å². The van der Waals surface area contributed by atoms with E-state index in [1.165, 1.54) is 9.12 Å². The van der Waals surface area contributed by atoms with E-state index >= 15 is 0 Å². The third-order valence-corrected chi connectivity index (χ3v) is 4.00. The van der Waals surface area contributed by atoms with Gasteiger partial charge in [0.15, 0.2) is 0 Å². The standard InChI is InChI=1S/C8H9BrIN3O2S/c9-5-1-6(4-14)12-8(2-5)13(16-10)3-7(11)15/h1-2,14H,3-4H2,(H2,11,15). The molecule has 0 fully saturated rings. The Labute approximate surface area is 118 Å². The predicted molar refractivity (Wildman–Crippen MR) is 76.0 cm³/mol. The monoisotopic (exact) mass is 417 g/mol. The van der Waals surface area contributed by atoms with E-state index in [0.29, 0.717) is 11.5 Å². The molecule has 0 bridgehead atoms. The van der Waals surface area contributed by atoms with Gasteiger partial charge in [0, 0.05) is 34.8 Å². The molecule has 1 amide bonds. The first-order valence-electron chi connectivity index (χ1n) is 4.18. The summed E-state index contributed by atoms with van der Waals surface area (Å²) in [5, 5.41) is 9.02. The summed E-state index contributed by atoms with van der Waals surface area (Å²) >= 11 is 5.35. The Morgan fingerprint density at radius 2 is 2.38 bits per heavy atom. The lowest BCUT2D eigenvalue weighted by molar-refractivity contribution is -0.116. The van der Waals surface area contributed by atoms with Crippen LogP contribution in [0.2, 0.25) is 0 Å². The normalized spacial score (nSPS) is 10.2. The highest BCUT2D eigenvalue weighted by molar-refractivity contribution is 14.2. The van der Waals surface area contributed by atoms with Gasteiger partial charge in [-0.25, -0.2) is 4.98 Å². The van der Waals surface area contributed by atoms with Crippen molar-refractivity contribution in [2.45, 2.75) is 6.61 Å². The van der Waals surface area contributed by atoms with Gasteiger partial charge in [0.05, 0.1) is 12.3 Å². The van der Waals surface area contributed by atoms with Gasteiger partial charge in [-0.1, -0.05) is 15.9 Å². The third kappa shape index (κ3) is 4.07. The molecule has 88 valence electrons. The summed E-state index contributed by atoms with van der Waals surface area (Å²) < 4.78 is 2.44. The SMILES string of the molecule is NC(=O)CN(SI)c1cc(Br)cc(CO)n1. The van der Waals surface area contributed by atoms with Crippen LogP contribution in [0.3, 0.4) is 0 Å². The van der Waals surface area contributed by atoms with E-state index in [0.717, 1.165) is 4.47 Å². The van der Waals surface area contributed by atoms with Crippen LogP contribution in [0.1, 0.15) is 5.69 Å². The second kappa shape index (κ2) is 6.62. The van der Waals surface area contributed by atoms with Gasteiger partial charge in [-0.05, 0) is 12.1 Å². The number of hydrogen-bond acceptors (Lipinski definition) is 5. The smallest absolute Gasteiger partial charge is 0.238 e.